The van der Waals surface area contributed by atoms with Crippen LogP contribution in [-0.4, -0.2) is 22.9 Å². The average molecular weight is 302 g/mol. The third-order valence-electron chi connectivity index (χ3n) is 3.31. The number of urea groups is 1. The van der Waals surface area contributed by atoms with Crippen LogP contribution in [0.25, 0.3) is 0 Å². The first kappa shape index (κ1) is 16.0. The smallest absolute Gasteiger partial charge is 0.323 e. The zero-order valence-electron chi connectivity index (χ0n) is 13.2. The summed E-state index contributed by atoms with van der Waals surface area (Å²) in [4.78, 5) is 12.0. The first-order chi connectivity index (χ1) is 10.6. The first-order valence-electron chi connectivity index (χ1n) is 7.35. The second-order valence-corrected chi connectivity index (χ2v) is 5.07. The number of hydrogen-bond donors (Lipinski definition) is 2. The Morgan fingerprint density at radius 3 is 2.86 bits per heavy atom. The van der Waals surface area contributed by atoms with Crippen LogP contribution in [0.3, 0.4) is 0 Å². The third-order valence-corrected chi connectivity index (χ3v) is 3.31. The molecule has 0 aliphatic carbocycles. The molecule has 0 spiro atoms. The molecule has 6 nitrogen and oxygen atoms in total. The van der Waals surface area contributed by atoms with E-state index in [1.807, 2.05) is 37.4 Å². The van der Waals surface area contributed by atoms with Gasteiger partial charge in [-0.1, -0.05) is 19.1 Å². The first-order valence-corrected chi connectivity index (χ1v) is 7.35. The Hall–Kier alpha value is -2.34. The van der Waals surface area contributed by atoms with E-state index in [-0.39, 0.29) is 12.1 Å². The van der Waals surface area contributed by atoms with E-state index in [0.29, 0.717) is 5.69 Å². The molecule has 2 amide bonds. The van der Waals surface area contributed by atoms with E-state index < -0.39 is 0 Å². The number of nitrogens with one attached hydrogen (secondary N) is 2. The third kappa shape index (κ3) is 4.33. The van der Waals surface area contributed by atoms with Gasteiger partial charge in [-0.25, -0.2) is 4.79 Å². The molecule has 0 bridgehead atoms. The Kier molecular flexibility index (Phi) is 5.55. The summed E-state index contributed by atoms with van der Waals surface area (Å²) in [5, 5.41) is 9.75. The SMILES string of the molecule is CCCn1cc(NC(=O)Nc2cccc([C@@H](C)OC)c2)cn1. The predicted molar refractivity (Wildman–Crippen MR) is 87.0 cm³/mol. The molecule has 2 N–H and O–H groups in total. The zero-order valence-corrected chi connectivity index (χ0v) is 13.2. The van der Waals surface area contributed by atoms with Gasteiger partial charge in [0.15, 0.2) is 0 Å². The van der Waals surface area contributed by atoms with Gasteiger partial charge in [-0.3, -0.25) is 4.68 Å². The number of carbonyl (C=O) groups excluding carboxylic acids is 1. The molecule has 118 valence electrons. The molecular weight excluding hydrogens is 280 g/mol. The maximum absolute atomic E-state index is 12.0. The second kappa shape index (κ2) is 7.61. The number of nitrogens with zero attached hydrogens (tertiary/aromatic N) is 2. The number of methoxy groups -OCH3 is 1. The maximum atomic E-state index is 12.0. The summed E-state index contributed by atoms with van der Waals surface area (Å²) in [5.74, 6) is 0. The van der Waals surface area contributed by atoms with Gasteiger partial charge >= 0.3 is 6.03 Å². The maximum Gasteiger partial charge on any atom is 0.323 e. The fourth-order valence-electron chi connectivity index (χ4n) is 2.08. The number of rotatable bonds is 6. The van der Waals surface area contributed by atoms with Crippen molar-refractivity contribution in [2.24, 2.45) is 0 Å². The van der Waals surface area contributed by atoms with Gasteiger partial charge < -0.3 is 15.4 Å². The van der Waals surface area contributed by atoms with Crippen molar-refractivity contribution in [2.75, 3.05) is 17.7 Å². The lowest BCUT2D eigenvalue weighted by atomic mass is 10.1. The largest absolute Gasteiger partial charge is 0.377 e. The molecule has 1 aromatic carbocycles. The lowest BCUT2D eigenvalue weighted by molar-refractivity contribution is 0.119. The summed E-state index contributed by atoms with van der Waals surface area (Å²) in [7, 11) is 1.66. The molecule has 1 aromatic heterocycles. The number of ether oxygens (including phenoxy) is 1. The molecule has 1 heterocycles. The van der Waals surface area contributed by atoms with Crippen LogP contribution in [0.15, 0.2) is 36.7 Å². The number of aromatic nitrogens is 2. The molecule has 22 heavy (non-hydrogen) atoms. The Balaban J connectivity index is 1.96. The van der Waals surface area contributed by atoms with Crippen molar-refractivity contribution in [2.45, 2.75) is 32.9 Å². The molecule has 0 aliphatic heterocycles. The van der Waals surface area contributed by atoms with Crippen molar-refractivity contribution in [3.05, 3.63) is 42.2 Å². The van der Waals surface area contributed by atoms with Crippen molar-refractivity contribution in [3.63, 3.8) is 0 Å². The van der Waals surface area contributed by atoms with Crippen LogP contribution >= 0.6 is 0 Å². The number of amides is 2. The Labute approximate surface area is 130 Å². The molecule has 2 aromatic rings. The number of anilines is 2. The molecule has 0 aliphatic rings. The summed E-state index contributed by atoms with van der Waals surface area (Å²) >= 11 is 0. The molecule has 0 saturated heterocycles. The van der Waals surface area contributed by atoms with Crippen LogP contribution < -0.4 is 10.6 Å². The zero-order chi connectivity index (χ0) is 15.9. The van der Waals surface area contributed by atoms with Crippen molar-refractivity contribution >= 4 is 17.4 Å². The Morgan fingerprint density at radius 1 is 1.36 bits per heavy atom. The van der Waals surface area contributed by atoms with Crippen LogP contribution in [0.1, 0.15) is 31.9 Å². The predicted octanol–water partition coefficient (Wildman–Crippen LogP) is 3.64. The standard InChI is InChI=1S/C16H22N4O2/c1-4-8-20-11-15(10-17-20)19-16(21)18-14-7-5-6-13(9-14)12(2)22-3/h5-7,9-12H,4,8H2,1-3H3,(H2,18,19,21)/t12-/m1/s1. The summed E-state index contributed by atoms with van der Waals surface area (Å²) in [5.41, 5.74) is 2.41. The normalized spacial score (nSPS) is 12.0. The van der Waals surface area contributed by atoms with Gasteiger partial charge in [-0.05, 0) is 31.0 Å². The highest BCUT2D eigenvalue weighted by molar-refractivity contribution is 5.99. The molecular formula is C16H22N4O2. The number of hydrogen-bond acceptors (Lipinski definition) is 3. The Bertz CT molecular complexity index is 624. The minimum Gasteiger partial charge on any atom is -0.377 e. The summed E-state index contributed by atoms with van der Waals surface area (Å²) in [6.07, 6.45) is 4.43. The van der Waals surface area contributed by atoms with E-state index in [1.54, 1.807) is 18.0 Å². The van der Waals surface area contributed by atoms with E-state index in [4.69, 9.17) is 4.74 Å². The van der Waals surface area contributed by atoms with Crippen LogP contribution in [0.2, 0.25) is 0 Å². The molecule has 0 fully saturated rings. The van der Waals surface area contributed by atoms with Crippen LogP contribution in [-0.2, 0) is 11.3 Å². The number of carbonyl (C=O) groups is 1. The van der Waals surface area contributed by atoms with Gasteiger partial charge in [0.1, 0.15) is 0 Å². The molecule has 0 saturated carbocycles. The minimum absolute atomic E-state index is 0.0166. The average Bonchev–Trinajstić information content (AvgIpc) is 2.94. The highest BCUT2D eigenvalue weighted by Crippen LogP contribution is 2.19. The van der Waals surface area contributed by atoms with Gasteiger partial charge in [0.25, 0.3) is 0 Å². The van der Waals surface area contributed by atoms with Crippen molar-refractivity contribution in [1.29, 1.82) is 0 Å². The molecule has 6 heteroatoms. The fourth-order valence-corrected chi connectivity index (χ4v) is 2.08. The molecule has 0 radical (unpaired) electrons. The van der Waals surface area contributed by atoms with Crippen molar-refractivity contribution in [3.8, 4) is 0 Å². The van der Waals surface area contributed by atoms with E-state index in [2.05, 4.69) is 22.7 Å². The topological polar surface area (TPSA) is 68.2 Å². The molecule has 1 atom stereocenters. The lowest BCUT2D eigenvalue weighted by Crippen LogP contribution is -2.19. The summed E-state index contributed by atoms with van der Waals surface area (Å²) < 4.78 is 7.08. The van der Waals surface area contributed by atoms with E-state index in [0.717, 1.165) is 24.2 Å². The van der Waals surface area contributed by atoms with Crippen LogP contribution in [0.5, 0.6) is 0 Å². The minimum atomic E-state index is -0.293. The highest BCUT2D eigenvalue weighted by atomic mass is 16.5. The van der Waals surface area contributed by atoms with Gasteiger partial charge in [-0.15, -0.1) is 0 Å². The summed E-state index contributed by atoms with van der Waals surface area (Å²) in [6.45, 7) is 4.87. The quantitative estimate of drug-likeness (QED) is 0.856. The highest BCUT2D eigenvalue weighted by Gasteiger charge is 2.07. The van der Waals surface area contributed by atoms with Crippen molar-refractivity contribution < 1.29 is 9.53 Å². The fraction of sp³-hybridized carbons (Fsp3) is 0.375. The van der Waals surface area contributed by atoms with Crippen molar-refractivity contribution in [1.82, 2.24) is 9.78 Å². The Morgan fingerprint density at radius 2 is 2.14 bits per heavy atom. The monoisotopic (exact) mass is 302 g/mol. The van der Waals surface area contributed by atoms with Crippen LogP contribution in [0.4, 0.5) is 16.2 Å². The van der Waals surface area contributed by atoms with Gasteiger partial charge in [-0.2, -0.15) is 5.10 Å². The van der Waals surface area contributed by atoms with E-state index in [9.17, 15) is 4.79 Å². The van der Waals surface area contributed by atoms with E-state index in [1.165, 1.54) is 0 Å². The number of benzene rings is 1. The number of aryl methyl sites for hydroxylation is 1. The van der Waals surface area contributed by atoms with Crippen LogP contribution in [0, 0.1) is 0 Å². The van der Waals surface area contributed by atoms with Gasteiger partial charge in [0.05, 0.1) is 18.0 Å². The molecule has 0 unspecified atom stereocenters. The van der Waals surface area contributed by atoms with Gasteiger partial charge in [0, 0.05) is 25.5 Å². The van der Waals surface area contributed by atoms with E-state index >= 15 is 0 Å². The lowest BCUT2D eigenvalue weighted by Gasteiger charge is -2.12. The second-order valence-electron chi connectivity index (χ2n) is 5.07. The summed E-state index contributed by atoms with van der Waals surface area (Å²) in [6, 6.07) is 7.30. The van der Waals surface area contributed by atoms with Gasteiger partial charge in [0.2, 0.25) is 0 Å². The molecule has 2 rings (SSSR count).